The van der Waals surface area contributed by atoms with Crippen molar-refractivity contribution in [1.82, 2.24) is 29.4 Å². The van der Waals surface area contributed by atoms with Gasteiger partial charge in [0.2, 0.25) is 11.7 Å². The summed E-state index contributed by atoms with van der Waals surface area (Å²) in [5.41, 5.74) is 0.731. The molecule has 1 N–H and O–H groups in total. The number of carbonyl (C=O) groups is 1. The molecule has 9 heteroatoms. The zero-order chi connectivity index (χ0) is 22.5. The van der Waals surface area contributed by atoms with Crippen LogP contribution in [-0.4, -0.2) is 69.4 Å². The monoisotopic (exact) mass is 440 g/mol. The molecular formula is C23H32N6O3. The molecule has 1 aliphatic heterocycles. The molecule has 1 aromatic carbocycles. The van der Waals surface area contributed by atoms with Crippen LogP contribution in [0, 0.1) is 5.92 Å². The summed E-state index contributed by atoms with van der Waals surface area (Å²) in [5.74, 6) is 1.69. The van der Waals surface area contributed by atoms with Gasteiger partial charge in [0.05, 0.1) is 24.1 Å². The minimum Gasteiger partial charge on any atom is -0.379 e. The molecule has 1 fully saturated rings. The van der Waals surface area contributed by atoms with Crippen molar-refractivity contribution in [2.75, 3.05) is 39.4 Å². The number of aromatic nitrogens is 4. The topological polar surface area (TPSA) is 93.8 Å². The van der Waals surface area contributed by atoms with Gasteiger partial charge in [-0.2, -0.15) is 0 Å². The molecular weight excluding hydrogens is 408 g/mol. The third-order valence-corrected chi connectivity index (χ3v) is 5.93. The highest BCUT2D eigenvalue weighted by molar-refractivity contribution is 5.80. The summed E-state index contributed by atoms with van der Waals surface area (Å²) in [6.45, 7) is 9.64. The summed E-state index contributed by atoms with van der Waals surface area (Å²) >= 11 is 0. The number of carbonyl (C=O) groups excluding carboxylic acids is 1. The van der Waals surface area contributed by atoms with Crippen molar-refractivity contribution in [3.05, 3.63) is 40.4 Å². The van der Waals surface area contributed by atoms with Crippen LogP contribution in [0.1, 0.15) is 32.5 Å². The zero-order valence-electron chi connectivity index (χ0n) is 18.9. The Labute approximate surface area is 187 Å². The highest BCUT2D eigenvalue weighted by Gasteiger charge is 2.17. The molecule has 0 saturated carbocycles. The molecule has 0 aliphatic carbocycles. The van der Waals surface area contributed by atoms with Crippen LogP contribution in [0.25, 0.3) is 16.7 Å². The quantitative estimate of drug-likeness (QED) is 0.542. The Hall–Kier alpha value is -2.78. The van der Waals surface area contributed by atoms with E-state index in [0.717, 1.165) is 44.8 Å². The first-order chi connectivity index (χ1) is 15.5. The lowest BCUT2D eigenvalue weighted by Gasteiger charge is -2.26. The van der Waals surface area contributed by atoms with Gasteiger partial charge in [-0.3, -0.25) is 23.5 Å². The maximum Gasteiger partial charge on any atom is 0.262 e. The zero-order valence-corrected chi connectivity index (χ0v) is 18.9. The molecule has 0 spiro atoms. The number of rotatable bonds is 9. The lowest BCUT2D eigenvalue weighted by Crippen LogP contribution is -2.41. The van der Waals surface area contributed by atoms with Gasteiger partial charge in [0.1, 0.15) is 5.82 Å². The molecule has 0 radical (unpaired) electrons. The number of fused-ring (bicyclic) bond motifs is 3. The fraction of sp³-hybridized carbons (Fsp3) is 0.565. The predicted molar refractivity (Wildman–Crippen MR) is 123 cm³/mol. The van der Waals surface area contributed by atoms with E-state index in [1.807, 2.05) is 28.7 Å². The average Bonchev–Trinajstić information content (AvgIpc) is 3.22. The van der Waals surface area contributed by atoms with E-state index in [4.69, 9.17) is 4.74 Å². The first-order valence-corrected chi connectivity index (χ1v) is 11.5. The van der Waals surface area contributed by atoms with Crippen molar-refractivity contribution in [2.24, 2.45) is 5.92 Å². The summed E-state index contributed by atoms with van der Waals surface area (Å²) in [6, 6.07) is 7.52. The lowest BCUT2D eigenvalue weighted by atomic mass is 10.1. The van der Waals surface area contributed by atoms with Gasteiger partial charge in [-0.05, 0) is 24.5 Å². The van der Waals surface area contributed by atoms with Crippen LogP contribution in [0.4, 0.5) is 0 Å². The summed E-state index contributed by atoms with van der Waals surface area (Å²) < 4.78 is 8.99. The highest BCUT2D eigenvalue weighted by Crippen LogP contribution is 2.16. The Morgan fingerprint density at radius 2 is 1.94 bits per heavy atom. The van der Waals surface area contributed by atoms with Gasteiger partial charge < -0.3 is 10.1 Å². The molecule has 1 aliphatic rings. The third kappa shape index (κ3) is 4.99. The summed E-state index contributed by atoms with van der Waals surface area (Å²) in [6.07, 6.45) is 1.65. The third-order valence-electron chi connectivity index (χ3n) is 5.93. The smallest absolute Gasteiger partial charge is 0.262 e. The van der Waals surface area contributed by atoms with E-state index in [1.165, 1.54) is 0 Å². The Morgan fingerprint density at radius 1 is 1.16 bits per heavy atom. The molecule has 0 unspecified atom stereocenters. The van der Waals surface area contributed by atoms with Crippen molar-refractivity contribution >= 4 is 22.6 Å². The molecule has 172 valence electrons. The molecule has 32 heavy (non-hydrogen) atoms. The van der Waals surface area contributed by atoms with Crippen LogP contribution < -0.4 is 10.9 Å². The van der Waals surface area contributed by atoms with Crippen LogP contribution in [-0.2, 0) is 22.5 Å². The second-order valence-corrected chi connectivity index (χ2v) is 8.71. The second-order valence-electron chi connectivity index (χ2n) is 8.71. The maximum atomic E-state index is 13.1. The van der Waals surface area contributed by atoms with E-state index in [0.29, 0.717) is 48.8 Å². The van der Waals surface area contributed by atoms with E-state index in [1.54, 1.807) is 4.57 Å². The molecule has 3 heterocycles. The molecule has 0 atom stereocenters. The summed E-state index contributed by atoms with van der Waals surface area (Å²) in [4.78, 5) is 27.8. The minimum atomic E-state index is -0.0476. The standard InChI is InChI=1S/C23H32N6O3/c1-17(2)9-11-28-22(31)18-5-3-4-6-19(18)29-20(25-26-23(28)29)7-8-21(30)24-10-12-27-13-15-32-16-14-27/h3-6,17H,7-16H2,1-2H3,(H,24,30). The number of amides is 1. The Bertz CT molecular complexity index is 1130. The second kappa shape index (κ2) is 10.2. The van der Waals surface area contributed by atoms with Gasteiger partial charge in [0, 0.05) is 45.6 Å². The van der Waals surface area contributed by atoms with Gasteiger partial charge in [-0.15, -0.1) is 10.2 Å². The van der Waals surface area contributed by atoms with Gasteiger partial charge in [-0.25, -0.2) is 0 Å². The number of nitrogens with one attached hydrogen (secondary N) is 1. The van der Waals surface area contributed by atoms with Crippen molar-refractivity contribution in [2.45, 2.75) is 39.7 Å². The van der Waals surface area contributed by atoms with Crippen molar-refractivity contribution in [3.8, 4) is 0 Å². The van der Waals surface area contributed by atoms with Crippen molar-refractivity contribution in [3.63, 3.8) is 0 Å². The number of nitrogens with zero attached hydrogens (tertiary/aromatic N) is 5. The average molecular weight is 441 g/mol. The molecule has 9 nitrogen and oxygen atoms in total. The predicted octanol–water partition coefficient (Wildman–Crippen LogP) is 1.47. The number of aryl methyl sites for hydroxylation is 2. The molecule has 2 aromatic heterocycles. The number of hydrogen-bond donors (Lipinski definition) is 1. The van der Waals surface area contributed by atoms with Gasteiger partial charge in [0.15, 0.2) is 0 Å². The Balaban J connectivity index is 1.49. The molecule has 4 rings (SSSR count). The fourth-order valence-corrected chi connectivity index (χ4v) is 4.06. The van der Waals surface area contributed by atoms with Gasteiger partial charge in [-0.1, -0.05) is 26.0 Å². The van der Waals surface area contributed by atoms with E-state index in [-0.39, 0.29) is 11.5 Å². The Kier molecular flexibility index (Phi) is 7.16. The number of para-hydroxylation sites is 1. The largest absolute Gasteiger partial charge is 0.379 e. The number of ether oxygens (including phenoxy) is 1. The summed E-state index contributed by atoms with van der Waals surface area (Å²) in [7, 11) is 0. The Morgan fingerprint density at radius 3 is 2.72 bits per heavy atom. The van der Waals surface area contributed by atoms with E-state index >= 15 is 0 Å². The van der Waals surface area contributed by atoms with E-state index in [9.17, 15) is 9.59 Å². The van der Waals surface area contributed by atoms with Crippen LogP contribution >= 0.6 is 0 Å². The maximum absolute atomic E-state index is 13.1. The van der Waals surface area contributed by atoms with Crippen LogP contribution in [0.2, 0.25) is 0 Å². The fourth-order valence-electron chi connectivity index (χ4n) is 4.06. The van der Waals surface area contributed by atoms with Crippen LogP contribution in [0.15, 0.2) is 29.1 Å². The van der Waals surface area contributed by atoms with E-state index < -0.39 is 0 Å². The van der Waals surface area contributed by atoms with Crippen LogP contribution in [0.5, 0.6) is 0 Å². The van der Waals surface area contributed by atoms with Crippen LogP contribution in [0.3, 0.4) is 0 Å². The number of morpholine rings is 1. The lowest BCUT2D eigenvalue weighted by molar-refractivity contribution is -0.121. The normalized spacial score (nSPS) is 15.1. The highest BCUT2D eigenvalue weighted by atomic mass is 16.5. The number of benzene rings is 1. The van der Waals surface area contributed by atoms with Gasteiger partial charge >= 0.3 is 0 Å². The first-order valence-electron chi connectivity index (χ1n) is 11.5. The molecule has 3 aromatic rings. The number of hydrogen-bond acceptors (Lipinski definition) is 6. The molecule has 1 amide bonds. The van der Waals surface area contributed by atoms with Crippen molar-refractivity contribution in [1.29, 1.82) is 0 Å². The van der Waals surface area contributed by atoms with E-state index in [2.05, 4.69) is 34.3 Å². The summed E-state index contributed by atoms with van der Waals surface area (Å²) in [5, 5.41) is 12.3. The minimum absolute atomic E-state index is 0.00700. The first kappa shape index (κ1) is 22.4. The SMILES string of the molecule is CC(C)CCn1c(=O)c2ccccc2n2c(CCC(=O)NCCN3CCOCC3)nnc12. The molecule has 1 saturated heterocycles. The van der Waals surface area contributed by atoms with Gasteiger partial charge in [0.25, 0.3) is 5.56 Å². The van der Waals surface area contributed by atoms with Crippen molar-refractivity contribution < 1.29 is 9.53 Å². The molecule has 0 bridgehead atoms.